The molecule has 2 N–H and O–H groups in total. The summed E-state index contributed by atoms with van der Waals surface area (Å²) in [6, 6.07) is 12.8. The summed E-state index contributed by atoms with van der Waals surface area (Å²) in [5.41, 5.74) is 0.751. The number of carbonyl (C=O) groups is 2. The van der Waals surface area contributed by atoms with Crippen LogP contribution in [-0.2, 0) is 19.1 Å². The third-order valence-corrected chi connectivity index (χ3v) is 3.55. The molecule has 0 bridgehead atoms. The Morgan fingerprint density at radius 1 is 1.12 bits per heavy atom. The molecule has 0 aromatic heterocycles. The average Bonchev–Trinajstić information content (AvgIpc) is 2.57. The lowest BCUT2D eigenvalue weighted by Gasteiger charge is -2.18. The number of rotatable bonds is 9. The van der Waals surface area contributed by atoms with Gasteiger partial charge in [-0.2, -0.15) is 0 Å². The molecular weight excluding hydrogens is 310 g/mol. The Balaban J connectivity index is 2.08. The molecule has 128 valence electrons. The van der Waals surface area contributed by atoms with E-state index in [0.29, 0.717) is 13.2 Å². The SMILES string of the molecule is COCCOCC(=O)N[C@@H](CC(=O)O)c1ccc2ccccc2c1. The van der Waals surface area contributed by atoms with E-state index in [1.807, 2.05) is 42.5 Å². The number of ether oxygens (including phenoxy) is 2. The molecule has 2 aromatic rings. The second kappa shape index (κ2) is 9.00. The van der Waals surface area contributed by atoms with Gasteiger partial charge in [0, 0.05) is 7.11 Å². The summed E-state index contributed by atoms with van der Waals surface area (Å²) >= 11 is 0. The minimum absolute atomic E-state index is 0.132. The van der Waals surface area contributed by atoms with Crippen LogP contribution in [0, 0.1) is 0 Å². The van der Waals surface area contributed by atoms with Gasteiger partial charge in [0.1, 0.15) is 6.61 Å². The molecule has 6 heteroatoms. The Hall–Kier alpha value is -2.44. The van der Waals surface area contributed by atoms with Crippen LogP contribution in [0.1, 0.15) is 18.0 Å². The standard InChI is InChI=1S/C18H21NO5/c1-23-8-9-24-12-17(20)19-16(11-18(21)22)15-7-6-13-4-2-3-5-14(13)10-15/h2-7,10,16H,8-9,11-12H2,1H3,(H,19,20)(H,21,22)/t16-/m0/s1. The van der Waals surface area contributed by atoms with Crippen molar-refractivity contribution in [1.82, 2.24) is 5.32 Å². The van der Waals surface area contributed by atoms with Crippen molar-refractivity contribution in [3.8, 4) is 0 Å². The molecule has 0 radical (unpaired) electrons. The third kappa shape index (κ3) is 5.33. The molecule has 0 aliphatic rings. The molecule has 0 aliphatic heterocycles. The van der Waals surface area contributed by atoms with Crippen LogP contribution in [-0.4, -0.2) is 43.9 Å². The van der Waals surface area contributed by atoms with E-state index < -0.39 is 12.0 Å². The highest BCUT2D eigenvalue weighted by Gasteiger charge is 2.18. The highest BCUT2D eigenvalue weighted by Crippen LogP contribution is 2.22. The second-order valence-corrected chi connectivity index (χ2v) is 5.37. The van der Waals surface area contributed by atoms with Crippen LogP contribution in [0.2, 0.25) is 0 Å². The molecule has 0 heterocycles. The maximum atomic E-state index is 12.0. The largest absolute Gasteiger partial charge is 0.481 e. The monoisotopic (exact) mass is 331 g/mol. The number of carboxylic acids is 1. The maximum absolute atomic E-state index is 12.0. The van der Waals surface area contributed by atoms with Crippen molar-refractivity contribution in [2.75, 3.05) is 26.9 Å². The third-order valence-electron chi connectivity index (χ3n) is 3.55. The van der Waals surface area contributed by atoms with Gasteiger partial charge in [-0.25, -0.2) is 0 Å². The van der Waals surface area contributed by atoms with E-state index in [-0.39, 0.29) is 18.9 Å². The van der Waals surface area contributed by atoms with E-state index >= 15 is 0 Å². The van der Waals surface area contributed by atoms with Gasteiger partial charge >= 0.3 is 5.97 Å². The van der Waals surface area contributed by atoms with Crippen LogP contribution in [0.3, 0.4) is 0 Å². The molecule has 0 saturated carbocycles. The lowest BCUT2D eigenvalue weighted by molar-refractivity contribution is -0.138. The van der Waals surface area contributed by atoms with Crippen molar-refractivity contribution in [3.63, 3.8) is 0 Å². The zero-order chi connectivity index (χ0) is 17.4. The zero-order valence-electron chi connectivity index (χ0n) is 13.5. The van der Waals surface area contributed by atoms with Crippen LogP contribution < -0.4 is 5.32 Å². The number of aliphatic carboxylic acids is 1. The molecular formula is C18H21NO5. The molecule has 6 nitrogen and oxygen atoms in total. The molecule has 0 fully saturated rings. The average molecular weight is 331 g/mol. The zero-order valence-corrected chi connectivity index (χ0v) is 13.5. The van der Waals surface area contributed by atoms with Crippen LogP contribution in [0.4, 0.5) is 0 Å². The Morgan fingerprint density at radius 2 is 1.88 bits per heavy atom. The number of carboxylic acid groups (broad SMARTS) is 1. The quantitative estimate of drug-likeness (QED) is 0.688. The summed E-state index contributed by atoms with van der Waals surface area (Å²) in [5, 5.41) is 13.9. The molecule has 2 rings (SSSR count). The Labute approximate surface area is 140 Å². The van der Waals surface area contributed by atoms with Gasteiger partial charge in [0.05, 0.1) is 25.7 Å². The molecule has 24 heavy (non-hydrogen) atoms. The van der Waals surface area contributed by atoms with Gasteiger partial charge in [-0.3, -0.25) is 9.59 Å². The lowest BCUT2D eigenvalue weighted by atomic mass is 9.99. The van der Waals surface area contributed by atoms with Gasteiger partial charge in [-0.05, 0) is 22.4 Å². The fourth-order valence-electron chi connectivity index (χ4n) is 2.39. The number of hydrogen-bond donors (Lipinski definition) is 2. The summed E-state index contributed by atoms with van der Waals surface area (Å²) in [6.07, 6.45) is -0.192. The topological polar surface area (TPSA) is 84.9 Å². The molecule has 1 amide bonds. The van der Waals surface area contributed by atoms with Crippen LogP contribution in [0.15, 0.2) is 42.5 Å². The second-order valence-electron chi connectivity index (χ2n) is 5.37. The first-order chi connectivity index (χ1) is 11.6. The van der Waals surface area contributed by atoms with Crippen molar-refractivity contribution >= 4 is 22.6 Å². The summed E-state index contributed by atoms with van der Waals surface area (Å²) in [7, 11) is 1.55. The van der Waals surface area contributed by atoms with Crippen LogP contribution in [0.25, 0.3) is 10.8 Å². The Kier molecular flexibility index (Phi) is 6.72. The molecule has 0 spiro atoms. The first-order valence-electron chi connectivity index (χ1n) is 7.66. The molecule has 0 saturated heterocycles. The number of hydrogen-bond acceptors (Lipinski definition) is 4. The van der Waals surface area contributed by atoms with E-state index in [1.54, 1.807) is 7.11 Å². The van der Waals surface area contributed by atoms with Gasteiger partial charge < -0.3 is 19.9 Å². The first kappa shape index (κ1) is 17.9. The van der Waals surface area contributed by atoms with Crippen molar-refractivity contribution < 1.29 is 24.2 Å². The van der Waals surface area contributed by atoms with Crippen molar-refractivity contribution in [1.29, 1.82) is 0 Å². The number of fused-ring (bicyclic) bond motifs is 1. The minimum atomic E-state index is -0.978. The van der Waals surface area contributed by atoms with Crippen LogP contribution >= 0.6 is 0 Å². The fraction of sp³-hybridized carbons (Fsp3) is 0.333. The number of nitrogens with one attached hydrogen (secondary N) is 1. The first-order valence-corrected chi connectivity index (χ1v) is 7.66. The van der Waals surface area contributed by atoms with E-state index in [9.17, 15) is 9.59 Å². The lowest BCUT2D eigenvalue weighted by Crippen LogP contribution is -2.33. The summed E-state index contributed by atoms with van der Waals surface area (Å²) in [5.74, 6) is -1.33. The van der Waals surface area contributed by atoms with Crippen LogP contribution in [0.5, 0.6) is 0 Å². The number of carbonyl (C=O) groups excluding carboxylic acids is 1. The fourth-order valence-corrected chi connectivity index (χ4v) is 2.39. The minimum Gasteiger partial charge on any atom is -0.481 e. The number of benzene rings is 2. The van der Waals surface area contributed by atoms with E-state index in [4.69, 9.17) is 14.6 Å². The summed E-state index contributed by atoms with van der Waals surface area (Å²) < 4.78 is 10.00. The van der Waals surface area contributed by atoms with E-state index in [1.165, 1.54) is 0 Å². The van der Waals surface area contributed by atoms with E-state index in [2.05, 4.69) is 5.32 Å². The number of amides is 1. The molecule has 2 aromatic carbocycles. The smallest absolute Gasteiger partial charge is 0.305 e. The van der Waals surface area contributed by atoms with Gasteiger partial charge in [-0.15, -0.1) is 0 Å². The Morgan fingerprint density at radius 3 is 2.58 bits per heavy atom. The van der Waals surface area contributed by atoms with Crippen molar-refractivity contribution in [2.24, 2.45) is 0 Å². The molecule has 0 unspecified atom stereocenters. The highest BCUT2D eigenvalue weighted by molar-refractivity contribution is 5.84. The van der Waals surface area contributed by atoms with Crippen molar-refractivity contribution in [2.45, 2.75) is 12.5 Å². The predicted octanol–water partition coefficient (Wildman–Crippen LogP) is 2.13. The predicted molar refractivity (Wildman–Crippen MR) is 89.8 cm³/mol. The van der Waals surface area contributed by atoms with Gasteiger partial charge in [0.2, 0.25) is 5.91 Å². The van der Waals surface area contributed by atoms with Gasteiger partial charge in [-0.1, -0.05) is 36.4 Å². The van der Waals surface area contributed by atoms with Crippen molar-refractivity contribution in [3.05, 3.63) is 48.0 Å². The van der Waals surface area contributed by atoms with E-state index in [0.717, 1.165) is 16.3 Å². The Bertz CT molecular complexity index is 701. The summed E-state index contributed by atoms with van der Waals surface area (Å²) in [4.78, 5) is 23.1. The molecule has 0 aliphatic carbocycles. The van der Waals surface area contributed by atoms with Gasteiger partial charge in [0.15, 0.2) is 0 Å². The maximum Gasteiger partial charge on any atom is 0.305 e. The summed E-state index contributed by atoms with van der Waals surface area (Å²) in [6.45, 7) is 0.576. The number of methoxy groups -OCH3 is 1. The highest BCUT2D eigenvalue weighted by atomic mass is 16.5. The van der Waals surface area contributed by atoms with Gasteiger partial charge in [0.25, 0.3) is 0 Å². The molecule has 1 atom stereocenters. The normalized spacial score (nSPS) is 12.0.